The minimum Gasteiger partial charge on any atom is -0.497 e. The van der Waals surface area contributed by atoms with Gasteiger partial charge in [0.15, 0.2) is 0 Å². The van der Waals surface area contributed by atoms with Crippen LogP contribution in [0.1, 0.15) is 51.2 Å². The third-order valence-electron chi connectivity index (χ3n) is 9.55. The zero-order valence-corrected chi connectivity index (χ0v) is 31.4. The zero-order chi connectivity index (χ0) is 38.8. The van der Waals surface area contributed by atoms with Gasteiger partial charge in [0.25, 0.3) is 0 Å². The van der Waals surface area contributed by atoms with E-state index in [0.717, 1.165) is 12.8 Å². The summed E-state index contributed by atoms with van der Waals surface area (Å²) in [5, 5.41) is 11.4. The van der Waals surface area contributed by atoms with E-state index >= 15 is 0 Å². The summed E-state index contributed by atoms with van der Waals surface area (Å²) in [6, 6.07) is 10.4. The molecule has 1 saturated heterocycles. The lowest BCUT2D eigenvalue weighted by Crippen LogP contribution is -2.58. The first-order chi connectivity index (χ1) is 25.9. The van der Waals surface area contributed by atoms with Gasteiger partial charge in [-0.25, -0.2) is 4.79 Å². The average Bonchev–Trinajstić information content (AvgIpc) is 3.87. The molecule has 292 valence electrons. The molecule has 1 saturated carbocycles. The van der Waals surface area contributed by atoms with Crippen molar-refractivity contribution in [2.75, 3.05) is 46.5 Å². The molecule has 3 aliphatic heterocycles. The van der Waals surface area contributed by atoms with Gasteiger partial charge in [0.1, 0.15) is 49.4 Å². The van der Waals surface area contributed by atoms with Crippen LogP contribution in [0.15, 0.2) is 48.5 Å². The van der Waals surface area contributed by atoms with Crippen molar-refractivity contribution in [3.8, 4) is 11.5 Å². The van der Waals surface area contributed by atoms with Crippen molar-refractivity contribution in [2.45, 2.75) is 77.0 Å². The largest absolute Gasteiger partial charge is 0.497 e. The van der Waals surface area contributed by atoms with Gasteiger partial charge in [0, 0.05) is 19.4 Å². The molecule has 0 spiro atoms. The summed E-state index contributed by atoms with van der Waals surface area (Å²) < 4.78 is 16.3. The Bertz CT molecular complexity index is 1650. The first-order valence-electron chi connectivity index (χ1n) is 18.6. The van der Waals surface area contributed by atoms with E-state index < -0.39 is 47.8 Å². The SMILES string of the molecule is COc1ccc(C[C@@H]2NC(=O)[C@@H](NC(=O)CN3CCOC3=O)Cc3ccc(cc3)OC[C@H](CC(C)C)NC(=O)CN(CC3CC3)C(=O)[C@@H](C)NC2=O)cc1. The first-order valence-corrected chi connectivity index (χ1v) is 18.6. The minimum atomic E-state index is -1.16. The lowest BCUT2D eigenvalue weighted by Gasteiger charge is -2.29. The number of benzene rings is 2. The Kier molecular flexibility index (Phi) is 13.7. The van der Waals surface area contributed by atoms with Gasteiger partial charge in [-0.3, -0.25) is 28.9 Å². The van der Waals surface area contributed by atoms with Crippen molar-refractivity contribution >= 4 is 35.6 Å². The number of rotatable bonds is 10. The normalized spacial score (nSPS) is 23.2. The summed E-state index contributed by atoms with van der Waals surface area (Å²) in [4.78, 5) is 83.3. The summed E-state index contributed by atoms with van der Waals surface area (Å²) in [5.74, 6) is -0.884. The molecule has 0 radical (unpaired) electrons. The molecule has 15 heteroatoms. The fraction of sp³-hybridized carbons (Fsp3) is 0.538. The quantitative estimate of drug-likeness (QED) is 0.262. The fourth-order valence-electron chi connectivity index (χ4n) is 6.50. The van der Waals surface area contributed by atoms with Crippen LogP contribution in [-0.4, -0.2) is 116 Å². The first kappa shape index (κ1) is 39.9. The van der Waals surface area contributed by atoms with Gasteiger partial charge in [0.2, 0.25) is 29.5 Å². The Morgan fingerprint density at radius 2 is 1.65 bits per heavy atom. The monoisotopic (exact) mass is 748 g/mol. The van der Waals surface area contributed by atoms with Crippen LogP contribution in [0, 0.1) is 11.8 Å². The number of cyclic esters (lactones) is 1. The number of hydrogen-bond acceptors (Lipinski definition) is 9. The third kappa shape index (κ3) is 11.8. The number of carbonyl (C=O) groups is 6. The molecule has 2 aromatic rings. The highest BCUT2D eigenvalue weighted by Gasteiger charge is 2.34. The number of methoxy groups -OCH3 is 1. The van der Waals surface area contributed by atoms with Gasteiger partial charge in [-0.2, -0.15) is 0 Å². The minimum absolute atomic E-state index is 0.0518. The van der Waals surface area contributed by atoms with Crippen LogP contribution in [0.5, 0.6) is 11.5 Å². The Morgan fingerprint density at radius 1 is 0.926 bits per heavy atom. The maximum atomic E-state index is 14.1. The van der Waals surface area contributed by atoms with Gasteiger partial charge in [0.05, 0.1) is 26.2 Å². The molecule has 2 bridgehead atoms. The second-order valence-electron chi connectivity index (χ2n) is 14.7. The molecule has 15 nitrogen and oxygen atoms in total. The van der Waals surface area contributed by atoms with E-state index in [9.17, 15) is 28.8 Å². The number of nitrogens with one attached hydrogen (secondary N) is 4. The van der Waals surface area contributed by atoms with E-state index in [1.165, 1.54) is 16.9 Å². The highest BCUT2D eigenvalue weighted by Crippen LogP contribution is 2.30. The second kappa shape index (κ2) is 18.6. The molecule has 2 aromatic carbocycles. The molecule has 2 fully saturated rings. The third-order valence-corrected chi connectivity index (χ3v) is 9.55. The summed E-state index contributed by atoms with van der Waals surface area (Å²) >= 11 is 0. The van der Waals surface area contributed by atoms with Crippen LogP contribution in [0.2, 0.25) is 0 Å². The van der Waals surface area contributed by atoms with E-state index in [4.69, 9.17) is 14.2 Å². The predicted octanol–water partition coefficient (Wildman–Crippen LogP) is 1.57. The fourth-order valence-corrected chi connectivity index (χ4v) is 6.50. The van der Waals surface area contributed by atoms with Crippen LogP contribution < -0.4 is 30.7 Å². The van der Waals surface area contributed by atoms with Crippen molar-refractivity contribution in [2.24, 2.45) is 11.8 Å². The highest BCUT2D eigenvalue weighted by molar-refractivity contribution is 5.95. The molecule has 4 atom stereocenters. The van der Waals surface area contributed by atoms with Crippen LogP contribution >= 0.6 is 0 Å². The standard InChI is InChI=1S/C39H52N6O9/c1-24(2)17-29-23-54-31-13-9-27(10-14-31)18-32(42-35(47)21-44-15-16-53-39(44)51)37(49)43-33(19-26-7-11-30(52-4)12-8-26)36(48)40-25(3)38(50)45(20-28-5-6-28)22-34(46)41-29/h7-14,24-25,28-29,32-33H,5-6,15-23H2,1-4H3,(H,40,48)(H,41,46)(H,42,47)(H,43,49)/t25-,29+,32+,33+/m1/s1. The second-order valence-corrected chi connectivity index (χ2v) is 14.7. The topological polar surface area (TPSA) is 185 Å². The van der Waals surface area contributed by atoms with Crippen LogP contribution in [0.4, 0.5) is 4.79 Å². The maximum Gasteiger partial charge on any atom is 0.410 e. The number of hydrogen-bond donors (Lipinski definition) is 4. The number of nitrogens with zero attached hydrogens (tertiary/aromatic N) is 2. The number of amides is 6. The predicted molar refractivity (Wildman–Crippen MR) is 197 cm³/mol. The van der Waals surface area contributed by atoms with E-state index in [1.54, 1.807) is 55.5 Å². The van der Waals surface area contributed by atoms with Crippen molar-refractivity contribution in [3.05, 3.63) is 59.7 Å². The summed E-state index contributed by atoms with van der Waals surface area (Å²) in [6.07, 6.45) is 2.03. The summed E-state index contributed by atoms with van der Waals surface area (Å²) in [7, 11) is 1.54. The summed E-state index contributed by atoms with van der Waals surface area (Å²) in [6.45, 7) is 6.15. The number of carbonyl (C=O) groups excluding carboxylic acids is 6. The molecule has 0 aromatic heterocycles. The molecule has 4 N–H and O–H groups in total. The van der Waals surface area contributed by atoms with Gasteiger partial charge in [-0.15, -0.1) is 0 Å². The molecular weight excluding hydrogens is 696 g/mol. The number of ether oxygens (including phenoxy) is 3. The van der Waals surface area contributed by atoms with Crippen molar-refractivity contribution in [1.82, 2.24) is 31.1 Å². The molecule has 6 rings (SSSR count). The molecule has 3 heterocycles. The Hall–Kier alpha value is -5.34. The lowest BCUT2D eigenvalue weighted by atomic mass is 10.0. The average molecular weight is 749 g/mol. The van der Waals surface area contributed by atoms with E-state index in [-0.39, 0.29) is 69.5 Å². The van der Waals surface area contributed by atoms with Crippen molar-refractivity contribution in [3.63, 3.8) is 0 Å². The smallest absolute Gasteiger partial charge is 0.410 e. The number of fused-ring (bicyclic) bond motifs is 17. The molecule has 1 aliphatic carbocycles. The Morgan fingerprint density at radius 3 is 2.28 bits per heavy atom. The van der Waals surface area contributed by atoms with Gasteiger partial charge in [-0.1, -0.05) is 38.1 Å². The lowest BCUT2D eigenvalue weighted by molar-refractivity contribution is -0.140. The Labute approximate surface area is 315 Å². The van der Waals surface area contributed by atoms with Crippen LogP contribution in [-0.2, 0) is 41.6 Å². The summed E-state index contributed by atoms with van der Waals surface area (Å²) in [5.41, 5.74) is 1.40. The maximum absolute atomic E-state index is 14.1. The van der Waals surface area contributed by atoms with Gasteiger partial charge >= 0.3 is 6.09 Å². The Balaban J connectivity index is 1.45. The molecule has 54 heavy (non-hydrogen) atoms. The van der Waals surface area contributed by atoms with Gasteiger partial charge < -0.3 is 40.4 Å². The van der Waals surface area contributed by atoms with E-state index in [0.29, 0.717) is 35.6 Å². The molecule has 0 unspecified atom stereocenters. The van der Waals surface area contributed by atoms with E-state index in [1.807, 2.05) is 0 Å². The van der Waals surface area contributed by atoms with E-state index in [2.05, 4.69) is 35.1 Å². The van der Waals surface area contributed by atoms with Crippen molar-refractivity contribution in [1.29, 1.82) is 0 Å². The molecular formula is C39H52N6O9. The van der Waals surface area contributed by atoms with Crippen LogP contribution in [0.3, 0.4) is 0 Å². The molecule has 6 amide bonds. The van der Waals surface area contributed by atoms with Gasteiger partial charge in [-0.05, 0) is 73.4 Å². The van der Waals surface area contributed by atoms with Crippen LogP contribution in [0.25, 0.3) is 0 Å². The highest BCUT2D eigenvalue weighted by atomic mass is 16.6. The van der Waals surface area contributed by atoms with Crippen molar-refractivity contribution < 1.29 is 43.0 Å². The molecule has 4 aliphatic rings. The zero-order valence-electron chi connectivity index (χ0n) is 31.4.